The SMILES string of the molecule is Cc1cc(C(C2=NC3(c4cc(C(F)(F)F)cc(Cl)c4N2)C(F)C3CO)=C(N)C#N)c(C)o1. The lowest BCUT2D eigenvalue weighted by molar-refractivity contribution is -0.137. The number of aryl methyl sites for hydroxylation is 2. The van der Waals surface area contributed by atoms with E-state index in [2.05, 4.69) is 10.3 Å². The molecule has 1 aliphatic heterocycles. The predicted molar refractivity (Wildman–Crippen MR) is 110 cm³/mol. The van der Waals surface area contributed by atoms with E-state index in [9.17, 15) is 23.5 Å². The zero-order valence-corrected chi connectivity index (χ0v) is 17.6. The summed E-state index contributed by atoms with van der Waals surface area (Å²) >= 11 is 6.18. The van der Waals surface area contributed by atoms with Crippen molar-refractivity contribution in [3.8, 4) is 6.07 Å². The minimum Gasteiger partial charge on any atom is -0.466 e. The van der Waals surface area contributed by atoms with Gasteiger partial charge in [0.15, 0.2) is 0 Å². The van der Waals surface area contributed by atoms with Gasteiger partial charge in [-0.1, -0.05) is 11.6 Å². The molecule has 6 nitrogen and oxygen atoms in total. The first-order valence-corrected chi connectivity index (χ1v) is 9.84. The smallest absolute Gasteiger partial charge is 0.416 e. The molecule has 0 amide bonds. The highest BCUT2D eigenvalue weighted by atomic mass is 35.5. The maximum absolute atomic E-state index is 15.0. The summed E-state index contributed by atoms with van der Waals surface area (Å²) in [6.07, 6.45) is -6.49. The lowest BCUT2D eigenvalue weighted by Gasteiger charge is -2.29. The van der Waals surface area contributed by atoms with Crippen molar-refractivity contribution in [2.45, 2.75) is 31.7 Å². The van der Waals surface area contributed by atoms with E-state index >= 15 is 4.39 Å². The Kier molecular flexibility index (Phi) is 5.02. The van der Waals surface area contributed by atoms with Crippen molar-refractivity contribution in [2.24, 2.45) is 16.6 Å². The number of aliphatic hydroxyl groups excluding tert-OH is 1. The van der Waals surface area contributed by atoms with E-state index in [-0.39, 0.29) is 33.4 Å². The number of nitrogens with zero attached hydrogens (tertiary/aromatic N) is 2. The van der Waals surface area contributed by atoms with Gasteiger partial charge in [-0.2, -0.15) is 18.4 Å². The summed E-state index contributed by atoms with van der Waals surface area (Å²) < 4.78 is 60.7. The van der Waals surface area contributed by atoms with Crippen LogP contribution in [0.4, 0.5) is 23.2 Å². The maximum Gasteiger partial charge on any atom is 0.416 e. The molecule has 2 heterocycles. The van der Waals surface area contributed by atoms with Crippen LogP contribution >= 0.6 is 11.6 Å². The maximum atomic E-state index is 15.0. The Hall–Kier alpha value is -3.03. The zero-order chi connectivity index (χ0) is 23.6. The highest BCUT2D eigenvalue weighted by Crippen LogP contribution is 2.62. The zero-order valence-electron chi connectivity index (χ0n) is 16.8. The summed E-state index contributed by atoms with van der Waals surface area (Å²) in [5.74, 6) is -0.219. The number of halogens is 5. The van der Waals surface area contributed by atoms with Crippen LogP contribution in [0.1, 0.15) is 28.2 Å². The van der Waals surface area contributed by atoms with Crippen molar-refractivity contribution >= 4 is 28.7 Å². The Balaban J connectivity index is 1.98. The number of aliphatic hydroxyl groups is 1. The van der Waals surface area contributed by atoms with Crippen LogP contribution in [-0.4, -0.2) is 23.7 Å². The molecule has 1 aromatic heterocycles. The molecule has 0 radical (unpaired) electrons. The van der Waals surface area contributed by atoms with Gasteiger partial charge >= 0.3 is 6.18 Å². The molecule has 1 aromatic carbocycles. The molecule has 3 unspecified atom stereocenters. The third kappa shape index (κ3) is 3.15. The second-order valence-electron chi connectivity index (χ2n) is 7.71. The Bertz CT molecular complexity index is 1230. The highest BCUT2D eigenvalue weighted by molar-refractivity contribution is 6.37. The number of alkyl halides is 4. The molecule has 32 heavy (non-hydrogen) atoms. The van der Waals surface area contributed by atoms with E-state index in [0.717, 1.165) is 12.1 Å². The van der Waals surface area contributed by atoms with E-state index in [1.807, 2.05) is 6.07 Å². The Morgan fingerprint density at radius 3 is 2.56 bits per heavy atom. The first kappa shape index (κ1) is 22.2. The number of anilines is 1. The van der Waals surface area contributed by atoms with Crippen molar-refractivity contribution in [2.75, 3.05) is 11.9 Å². The fourth-order valence-corrected chi connectivity index (χ4v) is 4.45. The number of rotatable bonds is 3. The minimum absolute atomic E-state index is 0.00405. The molecule has 4 N–H and O–H groups in total. The molecule has 11 heteroatoms. The van der Waals surface area contributed by atoms with Crippen LogP contribution in [0.15, 0.2) is 33.3 Å². The first-order chi connectivity index (χ1) is 14.9. The van der Waals surface area contributed by atoms with Gasteiger partial charge in [0.05, 0.1) is 28.5 Å². The molecule has 4 rings (SSSR count). The average Bonchev–Trinajstić information content (AvgIpc) is 3.11. The number of nitrogens with two attached hydrogens (primary N) is 1. The largest absolute Gasteiger partial charge is 0.466 e. The van der Waals surface area contributed by atoms with Crippen LogP contribution in [-0.2, 0) is 11.7 Å². The van der Waals surface area contributed by atoms with E-state index in [1.54, 1.807) is 19.9 Å². The Morgan fingerprint density at radius 2 is 2.06 bits per heavy atom. The number of nitriles is 1. The summed E-state index contributed by atoms with van der Waals surface area (Å²) in [7, 11) is 0. The second-order valence-corrected chi connectivity index (χ2v) is 8.11. The number of fused-ring (bicyclic) bond motifs is 2. The van der Waals surface area contributed by atoms with Gasteiger partial charge in [-0.15, -0.1) is 0 Å². The lowest BCUT2D eigenvalue weighted by atomic mass is 9.93. The normalized spacial score (nSPS) is 24.9. The van der Waals surface area contributed by atoms with Crippen molar-refractivity contribution < 1.29 is 27.1 Å². The van der Waals surface area contributed by atoms with Crippen LogP contribution in [0.25, 0.3) is 5.57 Å². The molecule has 1 aliphatic carbocycles. The molecule has 0 saturated heterocycles. The fraction of sp³-hybridized carbons (Fsp3) is 0.333. The van der Waals surface area contributed by atoms with Gasteiger partial charge in [-0.3, -0.25) is 4.99 Å². The Morgan fingerprint density at radius 1 is 1.38 bits per heavy atom. The molecule has 1 fully saturated rings. The van der Waals surface area contributed by atoms with Gasteiger partial charge in [0.1, 0.15) is 40.8 Å². The lowest BCUT2D eigenvalue weighted by Crippen LogP contribution is -2.30. The summed E-state index contributed by atoms with van der Waals surface area (Å²) in [6, 6.07) is 4.93. The average molecular weight is 469 g/mol. The van der Waals surface area contributed by atoms with E-state index in [4.69, 9.17) is 21.8 Å². The van der Waals surface area contributed by atoms with Gasteiger partial charge in [-0.25, -0.2) is 4.39 Å². The van der Waals surface area contributed by atoms with Crippen molar-refractivity contribution in [3.05, 3.63) is 57.1 Å². The van der Waals surface area contributed by atoms with Crippen LogP contribution in [0, 0.1) is 31.1 Å². The third-order valence-electron chi connectivity index (χ3n) is 5.75. The topological polar surface area (TPSA) is 108 Å². The molecule has 1 spiro atoms. The first-order valence-electron chi connectivity index (χ1n) is 9.46. The molecule has 2 aliphatic rings. The monoisotopic (exact) mass is 468 g/mol. The Labute approximate surface area is 185 Å². The summed E-state index contributed by atoms with van der Waals surface area (Å²) in [5.41, 5.74) is 3.19. The minimum atomic E-state index is -4.72. The number of allylic oxidation sites excluding steroid dienone is 1. The molecule has 0 bridgehead atoms. The van der Waals surface area contributed by atoms with Gasteiger partial charge < -0.3 is 20.6 Å². The summed E-state index contributed by atoms with van der Waals surface area (Å²) in [5, 5.41) is 21.6. The van der Waals surface area contributed by atoms with Crippen LogP contribution in [0.3, 0.4) is 0 Å². The molecular weight excluding hydrogens is 452 g/mol. The molecule has 3 atom stereocenters. The number of amidine groups is 1. The molecule has 1 saturated carbocycles. The van der Waals surface area contributed by atoms with Gasteiger partial charge in [0.25, 0.3) is 0 Å². The van der Waals surface area contributed by atoms with Crippen molar-refractivity contribution in [1.82, 2.24) is 0 Å². The second kappa shape index (κ2) is 7.25. The van der Waals surface area contributed by atoms with Gasteiger partial charge in [0, 0.05) is 17.0 Å². The van der Waals surface area contributed by atoms with E-state index in [1.165, 1.54) is 0 Å². The molecule has 168 valence electrons. The number of hydrogen-bond acceptors (Lipinski definition) is 6. The summed E-state index contributed by atoms with van der Waals surface area (Å²) in [6.45, 7) is 2.66. The number of benzene rings is 1. The van der Waals surface area contributed by atoms with Crippen LogP contribution in [0.5, 0.6) is 0 Å². The highest BCUT2D eigenvalue weighted by Gasteiger charge is 2.69. The van der Waals surface area contributed by atoms with E-state index < -0.39 is 36.0 Å². The standard InChI is InChI=1S/C21H17ClF4N4O2/c1-8-3-11(9(2)32-8)16(15(28)6-27)19-29-17-12(20(30-19)13(7-31)18(20)23)4-10(5-14(17)22)21(24,25)26/h3-5,13,18,31H,7,28H2,1-2H3,(H,29,30). The fourth-order valence-electron chi connectivity index (χ4n) is 4.18. The quantitative estimate of drug-likeness (QED) is 0.456. The van der Waals surface area contributed by atoms with Crippen molar-refractivity contribution in [3.63, 3.8) is 0 Å². The molecular formula is C21H17ClF4N4O2. The number of nitrogens with one attached hydrogen (secondary N) is 1. The van der Waals surface area contributed by atoms with Crippen LogP contribution < -0.4 is 11.1 Å². The van der Waals surface area contributed by atoms with Gasteiger partial charge in [0.2, 0.25) is 0 Å². The predicted octanol–water partition coefficient (Wildman–Crippen LogP) is 4.44. The summed E-state index contributed by atoms with van der Waals surface area (Å²) in [4.78, 5) is 4.37. The number of furan rings is 1. The number of aliphatic imine (C=N–C) groups is 1. The number of hydrogen-bond donors (Lipinski definition) is 3. The third-order valence-corrected chi connectivity index (χ3v) is 6.05. The molecule has 2 aromatic rings. The van der Waals surface area contributed by atoms with Gasteiger partial charge in [-0.05, 0) is 32.0 Å². The van der Waals surface area contributed by atoms with E-state index in [0.29, 0.717) is 17.1 Å². The van der Waals surface area contributed by atoms with Crippen molar-refractivity contribution in [1.29, 1.82) is 5.26 Å². The van der Waals surface area contributed by atoms with Crippen LogP contribution in [0.2, 0.25) is 5.02 Å².